The van der Waals surface area contributed by atoms with E-state index in [0.717, 1.165) is 38.6 Å². The molecule has 0 bridgehead atoms. The molecule has 5 nitrogen and oxygen atoms in total. The summed E-state index contributed by atoms with van der Waals surface area (Å²) in [5, 5.41) is 1.96. The van der Waals surface area contributed by atoms with E-state index in [1.54, 1.807) is 13.1 Å². The van der Waals surface area contributed by atoms with Crippen molar-refractivity contribution < 1.29 is 9.53 Å². The second-order valence-electron chi connectivity index (χ2n) is 6.41. The van der Waals surface area contributed by atoms with Crippen LogP contribution >= 0.6 is 0 Å². The Morgan fingerprint density at radius 3 is 2.78 bits per heavy atom. The number of hydrogen-bond acceptors (Lipinski definition) is 4. The van der Waals surface area contributed by atoms with Gasteiger partial charge in [-0.3, -0.25) is 4.98 Å². The molecule has 0 saturated carbocycles. The zero-order valence-electron chi connectivity index (χ0n) is 15.4. The fraction of sp³-hybridized carbons (Fsp3) is 0.182. The van der Waals surface area contributed by atoms with Gasteiger partial charge in [0.15, 0.2) is 0 Å². The molecule has 2 aromatic heterocycles. The number of aryl methyl sites for hydroxylation is 1. The van der Waals surface area contributed by atoms with Crippen LogP contribution in [-0.4, -0.2) is 22.1 Å². The number of nitrogens with two attached hydrogens (primary N) is 1. The fourth-order valence-electron chi connectivity index (χ4n) is 3.68. The normalized spacial score (nSPS) is 11.2. The van der Waals surface area contributed by atoms with Crippen LogP contribution in [0.3, 0.4) is 0 Å². The van der Waals surface area contributed by atoms with Crippen LogP contribution in [0, 0.1) is 0 Å². The first-order valence-electron chi connectivity index (χ1n) is 8.98. The summed E-state index contributed by atoms with van der Waals surface area (Å²) < 4.78 is 7.23. The molecule has 4 rings (SSSR count). The average molecular weight is 359 g/mol. The Morgan fingerprint density at radius 2 is 2.00 bits per heavy atom. The number of ether oxygens (including phenoxy) is 1. The number of nitrogens with zero attached hydrogens (tertiary/aromatic N) is 2. The molecule has 0 spiro atoms. The average Bonchev–Trinajstić information content (AvgIpc) is 2.99. The number of benzene rings is 2. The summed E-state index contributed by atoms with van der Waals surface area (Å²) in [6, 6.07) is 16.2. The Labute approximate surface area is 157 Å². The molecular weight excluding hydrogens is 338 g/mol. The molecule has 0 saturated heterocycles. The van der Waals surface area contributed by atoms with Crippen LogP contribution in [0.25, 0.3) is 32.9 Å². The van der Waals surface area contributed by atoms with Gasteiger partial charge in [0, 0.05) is 41.8 Å². The molecule has 2 heterocycles. The smallest absolute Gasteiger partial charge is 0.340 e. The topological polar surface area (TPSA) is 70.1 Å². The van der Waals surface area contributed by atoms with E-state index < -0.39 is 0 Å². The van der Waals surface area contributed by atoms with Crippen LogP contribution in [0.2, 0.25) is 0 Å². The lowest BCUT2D eigenvalue weighted by Gasteiger charge is -2.07. The van der Waals surface area contributed by atoms with Gasteiger partial charge in [-0.25, -0.2) is 4.79 Å². The lowest BCUT2D eigenvalue weighted by molar-refractivity contribution is 0.0527. The van der Waals surface area contributed by atoms with Crippen molar-refractivity contribution in [2.24, 2.45) is 12.8 Å². The van der Waals surface area contributed by atoms with Crippen molar-refractivity contribution in [2.45, 2.75) is 13.5 Å². The number of aromatic nitrogens is 2. The minimum atomic E-state index is -0.328. The molecule has 2 aromatic carbocycles. The van der Waals surface area contributed by atoms with Crippen LogP contribution in [0.1, 0.15) is 23.0 Å². The van der Waals surface area contributed by atoms with E-state index in [0.29, 0.717) is 12.2 Å². The molecule has 0 amide bonds. The largest absolute Gasteiger partial charge is 0.462 e. The molecule has 136 valence electrons. The Hall–Kier alpha value is -3.18. The third kappa shape index (κ3) is 2.76. The molecule has 0 fully saturated rings. The monoisotopic (exact) mass is 359 g/mol. The summed E-state index contributed by atoms with van der Waals surface area (Å²) in [7, 11) is 1.93. The molecule has 0 radical (unpaired) electrons. The Kier molecular flexibility index (Phi) is 4.38. The minimum absolute atomic E-state index is 0.271. The quantitative estimate of drug-likeness (QED) is 0.559. The van der Waals surface area contributed by atoms with Crippen molar-refractivity contribution in [1.29, 1.82) is 0 Å². The van der Waals surface area contributed by atoms with Gasteiger partial charge in [0.25, 0.3) is 0 Å². The van der Waals surface area contributed by atoms with Gasteiger partial charge in [-0.2, -0.15) is 0 Å². The lowest BCUT2D eigenvalue weighted by Crippen LogP contribution is -2.12. The molecule has 27 heavy (non-hydrogen) atoms. The van der Waals surface area contributed by atoms with E-state index in [-0.39, 0.29) is 12.5 Å². The molecule has 0 aliphatic carbocycles. The number of rotatable bonds is 4. The summed E-state index contributed by atoms with van der Waals surface area (Å²) in [5.41, 5.74) is 11.4. The minimum Gasteiger partial charge on any atom is -0.462 e. The second kappa shape index (κ2) is 6.85. The highest BCUT2D eigenvalue weighted by molar-refractivity contribution is 6.07. The van der Waals surface area contributed by atoms with Crippen LogP contribution in [0.5, 0.6) is 0 Å². The zero-order valence-corrected chi connectivity index (χ0v) is 15.4. The molecule has 2 N–H and O–H groups in total. The maximum absolute atomic E-state index is 12.5. The predicted molar refractivity (Wildman–Crippen MR) is 108 cm³/mol. The van der Waals surface area contributed by atoms with Crippen molar-refractivity contribution >= 4 is 27.8 Å². The highest BCUT2D eigenvalue weighted by Crippen LogP contribution is 2.33. The summed E-state index contributed by atoms with van der Waals surface area (Å²) in [6.45, 7) is 2.41. The molecule has 0 aliphatic heterocycles. The number of pyridine rings is 1. The third-order valence-corrected chi connectivity index (χ3v) is 4.95. The van der Waals surface area contributed by atoms with E-state index in [1.165, 1.54) is 0 Å². The van der Waals surface area contributed by atoms with Crippen molar-refractivity contribution in [3.8, 4) is 11.1 Å². The van der Waals surface area contributed by atoms with Gasteiger partial charge in [0.1, 0.15) is 0 Å². The Bertz CT molecular complexity index is 1160. The predicted octanol–water partition coefficient (Wildman–Crippen LogP) is 4.03. The van der Waals surface area contributed by atoms with E-state index in [2.05, 4.69) is 23.2 Å². The summed E-state index contributed by atoms with van der Waals surface area (Å²) in [6.07, 6.45) is 1.80. The zero-order chi connectivity index (χ0) is 19.0. The number of hydrogen-bond donors (Lipinski definition) is 1. The second-order valence-corrected chi connectivity index (χ2v) is 6.41. The van der Waals surface area contributed by atoms with E-state index in [1.807, 2.05) is 41.9 Å². The number of esters is 1. The Morgan fingerprint density at radius 1 is 1.15 bits per heavy atom. The number of carbonyl (C=O) groups excluding carboxylic acids is 1. The van der Waals surface area contributed by atoms with Crippen molar-refractivity contribution in [2.75, 3.05) is 6.61 Å². The van der Waals surface area contributed by atoms with E-state index in [9.17, 15) is 4.79 Å². The van der Waals surface area contributed by atoms with Gasteiger partial charge < -0.3 is 15.0 Å². The van der Waals surface area contributed by atoms with Gasteiger partial charge >= 0.3 is 5.97 Å². The SMILES string of the molecule is CCOC(=O)c1c(CN)n(C)c2cc(-c3cccc4ncccc34)ccc12. The van der Waals surface area contributed by atoms with Crippen LogP contribution in [0.4, 0.5) is 0 Å². The third-order valence-electron chi connectivity index (χ3n) is 4.95. The molecule has 0 unspecified atom stereocenters. The fourth-order valence-corrected chi connectivity index (χ4v) is 3.68. The van der Waals surface area contributed by atoms with E-state index in [4.69, 9.17) is 10.5 Å². The first-order valence-corrected chi connectivity index (χ1v) is 8.98. The standard InChI is InChI=1S/C22H21N3O2/c1-3-27-22(26)21-17-10-9-14(12-19(17)25(2)20(21)13-23)15-6-4-8-18-16(15)7-5-11-24-18/h4-12H,3,13,23H2,1-2H3. The van der Waals surface area contributed by atoms with Gasteiger partial charge in [-0.1, -0.05) is 30.3 Å². The highest BCUT2D eigenvalue weighted by atomic mass is 16.5. The van der Waals surface area contributed by atoms with E-state index >= 15 is 0 Å². The lowest BCUT2D eigenvalue weighted by atomic mass is 9.99. The van der Waals surface area contributed by atoms with Crippen LogP contribution in [0.15, 0.2) is 54.7 Å². The number of fused-ring (bicyclic) bond motifs is 2. The summed E-state index contributed by atoms with van der Waals surface area (Å²) >= 11 is 0. The van der Waals surface area contributed by atoms with Gasteiger partial charge in [0.05, 0.1) is 17.7 Å². The first-order chi connectivity index (χ1) is 13.2. The maximum Gasteiger partial charge on any atom is 0.340 e. The van der Waals surface area contributed by atoms with Gasteiger partial charge in [-0.05, 0) is 36.2 Å². The first kappa shape index (κ1) is 17.2. The van der Waals surface area contributed by atoms with Crippen LogP contribution in [-0.2, 0) is 18.3 Å². The maximum atomic E-state index is 12.5. The number of carbonyl (C=O) groups is 1. The summed E-state index contributed by atoms with van der Waals surface area (Å²) in [5.74, 6) is -0.328. The van der Waals surface area contributed by atoms with Gasteiger partial charge in [-0.15, -0.1) is 0 Å². The van der Waals surface area contributed by atoms with Crippen molar-refractivity contribution in [3.05, 3.63) is 66.0 Å². The molecular formula is C22H21N3O2. The Balaban J connectivity index is 1.95. The highest BCUT2D eigenvalue weighted by Gasteiger charge is 2.21. The molecule has 4 aromatic rings. The molecule has 5 heteroatoms. The summed E-state index contributed by atoms with van der Waals surface area (Å²) in [4.78, 5) is 16.9. The van der Waals surface area contributed by atoms with Crippen molar-refractivity contribution in [1.82, 2.24) is 9.55 Å². The van der Waals surface area contributed by atoms with Crippen molar-refractivity contribution in [3.63, 3.8) is 0 Å². The van der Waals surface area contributed by atoms with Crippen LogP contribution < -0.4 is 5.73 Å². The van der Waals surface area contributed by atoms with Gasteiger partial charge in [0.2, 0.25) is 0 Å². The molecule has 0 aliphatic rings. The molecule has 0 atom stereocenters.